The summed E-state index contributed by atoms with van der Waals surface area (Å²) < 4.78 is 106. The molecule has 9 heteroatoms. The Morgan fingerprint density at radius 1 is 0.800 bits per heavy atom. The second-order valence-electron chi connectivity index (χ2n) is 8.81. The molecular formula is C26H28F6O3. The molecule has 0 radical (unpaired) electrons. The van der Waals surface area contributed by atoms with Gasteiger partial charge in [-0.2, -0.15) is 8.78 Å². The van der Waals surface area contributed by atoms with E-state index in [0.29, 0.717) is 32.3 Å². The molecule has 0 bridgehead atoms. The number of hydrogen-bond donors (Lipinski definition) is 0. The second-order valence-corrected chi connectivity index (χ2v) is 8.81. The van der Waals surface area contributed by atoms with E-state index >= 15 is 17.6 Å². The highest BCUT2D eigenvalue weighted by Crippen LogP contribution is 2.52. The predicted molar refractivity (Wildman–Crippen MR) is 118 cm³/mol. The van der Waals surface area contributed by atoms with E-state index in [9.17, 15) is 8.78 Å². The molecule has 0 aromatic heterocycles. The van der Waals surface area contributed by atoms with Crippen LogP contribution in [0, 0.1) is 11.6 Å². The van der Waals surface area contributed by atoms with Crippen LogP contribution in [0.25, 0.3) is 11.1 Å². The van der Waals surface area contributed by atoms with E-state index in [0.717, 1.165) is 18.6 Å². The second kappa shape index (κ2) is 10.4. The summed E-state index contributed by atoms with van der Waals surface area (Å²) in [6.45, 7) is 4.08. The van der Waals surface area contributed by atoms with Crippen LogP contribution in [-0.4, -0.2) is 25.4 Å². The first-order valence-electron chi connectivity index (χ1n) is 11.9. The highest BCUT2D eigenvalue weighted by atomic mass is 19.3. The summed E-state index contributed by atoms with van der Waals surface area (Å²) in [6, 6.07) is 4.34. The fourth-order valence-corrected chi connectivity index (χ4v) is 4.99. The van der Waals surface area contributed by atoms with Crippen molar-refractivity contribution in [2.45, 2.75) is 76.6 Å². The lowest BCUT2D eigenvalue weighted by Gasteiger charge is -2.30. The molecule has 1 saturated carbocycles. The van der Waals surface area contributed by atoms with Crippen molar-refractivity contribution in [3.8, 4) is 16.9 Å². The Labute approximate surface area is 200 Å². The molecule has 2 aromatic carbocycles. The van der Waals surface area contributed by atoms with Gasteiger partial charge in [0, 0.05) is 17.7 Å². The van der Waals surface area contributed by atoms with Crippen LogP contribution in [0.5, 0.6) is 5.75 Å². The van der Waals surface area contributed by atoms with Crippen molar-refractivity contribution >= 4 is 0 Å². The molecule has 4 rings (SSSR count). The first kappa shape index (κ1) is 25.8. The lowest BCUT2D eigenvalue weighted by Crippen LogP contribution is -2.28. The van der Waals surface area contributed by atoms with Gasteiger partial charge in [-0.1, -0.05) is 12.1 Å². The zero-order valence-electron chi connectivity index (χ0n) is 19.6. The third kappa shape index (κ3) is 4.89. The smallest absolute Gasteiger partial charge is 0.386 e. The molecule has 0 amide bonds. The minimum Gasteiger partial charge on any atom is -0.491 e. The van der Waals surface area contributed by atoms with Gasteiger partial charge < -0.3 is 14.2 Å². The Hall–Kier alpha value is -2.26. The maximum absolute atomic E-state index is 15.4. The monoisotopic (exact) mass is 502 g/mol. The first-order valence-corrected chi connectivity index (χ1v) is 11.9. The van der Waals surface area contributed by atoms with E-state index in [1.807, 2.05) is 6.92 Å². The number of benzene rings is 2. The van der Waals surface area contributed by atoms with Crippen LogP contribution >= 0.6 is 0 Å². The molecule has 4 atom stereocenters. The van der Waals surface area contributed by atoms with Gasteiger partial charge in [0.15, 0.2) is 23.9 Å². The van der Waals surface area contributed by atoms with Crippen LogP contribution in [-0.2, 0) is 15.6 Å². The number of rotatable bonds is 7. The number of alkyl halides is 4. The van der Waals surface area contributed by atoms with Crippen molar-refractivity contribution in [3.05, 3.63) is 52.6 Å². The van der Waals surface area contributed by atoms with Gasteiger partial charge in [-0.15, -0.1) is 0 Å². The van der Waals surface area contributed by atoms with Crippen LogP contribution in [0.15, 0.2) is 24.3 Å². The molecule has 1 fully saturated rings. The van der Waals surface area contributed by atoms with Crippen molar-refractivity contribution < 1.29 is 40.6 Å². The van der Waals surface area contributed by atoms with E-state index in [4.69, 9.17) is 14.2 Å². The third-order valence-corrected chi connectivity index (χ3v) is 6.62. The van der Waals surface area contributed by atoms with Crippen molar-refractivity contribution in [2.75, 3.05) is 13.2 Å². The number of halogens is 6. The van der Waals surface area contributed by atoms with Gasteiger partial charge in [-0.3, -0.25) is 0 Å². The Balaban J connectivity index is 1.66. The largest absolute Gasteiger partial charge is 0.491 e. The van der Waals surface area contributed by atoms with Gasteiger partial charge in [0.2, 0.25) is 0 Å². The van der Waals surface area contributed by atoms with Crippen molar-refractivity contribution in [3.63, 3.8) is 0 Å². The fourth-order valence-electron chi connectivity index (χ4n) is 4.99. The lowest BCUT2D eigenvalue weighted by atomic mass is 9.81. The fraction of sp³-hybridized carbons (Fsp3) is 0.538. The van der Waals surface area contributed by atoms with Gasteiger partial charge in [0.25, 0.3) is 0 Å². The zero-order valence-corrected chi connectivity index (χ0v) is 19.6. The maximum atomic E-state index is 15.4. The van der Waals surface area contributed by atoms with E-state index in [1.54, 1.807) is 6.92 Å². The number of ether oxygens (including phenoxy) is 3. The highest BCUT2D eigenvalue weighted by Gasteiger charge is 2.45. The van der Waals surface area contributed by atoms with Crippen molar-refractivity contribution in [1.29, 1.82) is 0 Å². The van der Waals surface area contributed by atoms with E-state index < -0.39 is 52.9 Å². The molecule has 0 aliphatic heterocycles. The molecule has 2 aliphatic carbocycles. The van der Waals surface area contributed by atoms with Crippen LogP contribution in [0.3, 0.4) is 0 Å². The van der Waals surface area contributed by atoms with Gasteiger partial charge in [-0.25, -0.2) is 17.6 Å². The minimum atomic E-state index is -4.06. The SMILES string of the molecule is CCOc1ccc2c(c1F)C(F)C(F)c1c-2ccc(C(F)(F)OC2CCCC(OCC)CC2)c1F. The Morgan fingerprint density at radius 3 is 2.06 bits per heavy atom. The highest BCUT2D eigenvalue weighted by molar-refractivity contribution is 5.76. The lowest BCUT2D eigenvalue weighted by molar-refractivity contribution is -0.276. The summed E-state index contributed by atoms with van der Waals surface area (Å²) in [5.74, 6) is -2.96. The molecule has 0 spiro atoms. The standard InChI is InChI=1S/C26H28F6O3/c1-3-33-14-6-5-7-15(9-8-14)35-26(31,32)18-12-10-16-17-11-13-19(34-4-2)23(28)21(17)25(30)24(29)20(16)22(18)27/h10-15,24-25H,3-9H2,1-2H3. The third-order valence-electron chi connectivity index (χ3n) is 6.62. The number of fused-ring (bicyclic) bond motifs is 3. The molecule has 0 saturated heterocycles. The van der Waals surface area contributed by atoms with Gasteiger partial charge in [0.05, 0.1) is 24.4 Å². The minimum absolute atomic E-state index is 0.0415. The Kier molecular flexibility index (Phi) is 7.66. The Morgan fingerprint density at radius 2 is 1.40 bits per heavy atom. The molecule has 35 heavy (non-hydrogen) atoms. The molecule has 3 nitrogen and oxygen atoms in total. The van der Waals surface area contributed by atoms with E-state index in [2.05, 4.69) is 0 Å². The van der Waals surface area contributed by atoms with Crippen LogP contribution in [0.4, 0.5) is 26.3 Å². The molecule has 4 unspecified atom stereocenters. The average molecular weight is 502 g/mol. The van der Waals surface area contributed by atoms with Crippen molar-refractivity contribution in [1.82, 2.24) is 0 Å². The topological polar surface area (TPSA) is 27.7 Å². The molecule has 0 N–H and O–H groups in total. The summed E-state index contributed by atoms with van der Waals surface area (Å²) >= 11 is 0. The summed E-state index contributed by atoms with van der Waals surface area (Å²) in [4.78, 5) is 0. The van der Waals surface area contributed by atoms with Gasteiger partial charge in [-0.05, 0) is 69.2 Å². The maximum Gasteiger partial charge on any atom is 0.386 e. The quantitative estimate of drug-likeness (QED) is 0.285. The molecule has 192 valence electrons. The first-order chi connectivity index (χ1) is 16.7. The predicted octanol–water partition coefficient (Wildman–Crippen LogP) is 7.87. The Bertz CT molecular complexity index is 1060. The van der Waals surface area contributed by atoms with Gasteiger partial charge in [0.1, 0.15) is 5.82 Å². The molecule has 2 aromatic rings. The summed E-state index contributed by atoms with van der Waals surface area (Å²) in [5, 5.41) is 0. The van der Waals surface area contributed by atoms with E-state index in [1.165, 1.54) is 12.1 Å². The number of hydrogen-bond acceptors (Lipinski definition) is 3. The average Bonchev–Trinajstić information content (AvgIpc) is 3.03. The normalized spacial score (nSPS) is 24.5. The van der Waals surface area contributed by atoms with Crippen LogP contribution in [0.1, 0.15) is 75.0 Å². The molecular weight excluding hydrogens is 474 g/mol. The van der Waals surface area contributed by atoms with Crippen LogP contribution in [0.2, 0.25) is 0 Å². The summed E-state index contributed by atoms with van der Waals surface area (Å²) in [7, 11) is 0. The zero-order chi connectivity index (χ0) is 25.3. The van der Waals surface area contributed by atoms with Gasteiger partial charge >= 0.3 is 6.11 Å². The summed E-state index contributed by atoms with van der Waals surface area (Å²) in [5.41, 5.74) is -2.95. The summed E-state index contributed by atoms with van der Waals surface area (Å²) in [6.07, 6.45) is -7.70. The molecule has 0 heterocycles. The van der Waals surface area contributed by atoms with Crippen molar-refractivity contribution in [2.24, 2.45) is 0 Å². The van der Waals surface area contributed by atoms with Crippen LogP contribution < -0.4 is 4.74 Å². The molecule has 2 aliphatic rings. The van der Waals surface area contributed by atoms with E-state index in [-0.39, 0.29) is 29.6 Å².